The Balaban J connectivity index is 1.59. The zero-order valence-electron chi connectivity index (χ0n) is 19.2. The predicted octanol–water partition coefficient (Wildman–Crippen LogP) is 2.34. The number of hydrogen-bond donors (Lipinski definition) is 2. The van der Waals surface area contributed by atoms with Crippen molar-refractivity contribution in [2.75, 3.05) is 32.8 Å². The zero-order chi connectivity index (χ0) is 24.9. The number of ether oxygens (including phenoxy) is 3. The van der Waals surface area contributed by atoms with E-state index in [1.54, 1.807) is 11.8 Å². The lowest BCUT2D eigenvalue weighted by molar-refractivity contribution is -0.129. The molecule has 190 valence electrons. The monoisotopic (exact) mass is 494 g/mol. The Hall–Kier alpha value is -3.25. The molecule has 1 saturated heterocycles. The summed E-state index contributed by atoms with van der Waals surface area (Å²) >= 11 is 0. The standard InChI is InChI=1S/C23H28F2N4O6/c1-13(26)20-19(22(31)29-7-6-27-16(9-29)11-32-12-30)28-21(35-20)15-4-5-17(34-23(24)25)18(8-15)33-10-14-2-3-14/h4-5,8,12-14,16,23,27H,2-3,6-7,9-11,26H2,1H3/t13-,16?/m0/s1. The second-order valence-electron chi connectivity index (χ2n) is 8.65. The quantitative estimate of drug-likeness (QED) is 0.452. The van der Waals surface area contributed by atoms with Gasteiger partial charge in [0.05, 0.1) is 18.7 Å². The largest absolute Gasteiger partial charge is 0.489 e. The van der Waals surface area contributed by atoms with Crippen LogP contribution in [0.2, 0.25) is 0 Å². The van der Waals surface area contributed by atoms with Crippen molar-refractivity contribution in [2.24, 2.45) is 11.7 Å². The predicted molar refractivity (Wildman–Crippen MR) is 119 cm³/mol. The van der Waals surface area contributed by atoms with Crippen LogP contribution in [0.25, 0.3) is 11.5 Å². The summed E-state index contributed by atoms with van der Waals surface area (Å²) in [6.45, 7) is 0.811. The first-order chi connectivity index (χ1) is 16.9. The molecule has 1 aliphatic heterocycles. The van der Waals surface area contributed by atoms with Crippen molar-refractivity contribution in [3.05, 3.63) is 29.7 Å². The molecule has 0 radical (unpaired) electrons. The van der Waals surface area contributed by atoms with Crippen LogP contribution >= 0.6 is 0 Å². The van der Waals surface area contributed by atoms with Crippen LogP contribution < -0.4 is 20.5 Å². The van der Waals surface area contributed by atoms with E-state index in [1.807, 2.05) is 0 Å². The minimum Gasteiger partial charge on any atom is -0.489 e. The number of alkyl halides is 2. The van der Waals surface area contributed by atoms with Gasteiger partial charge in [0.2, 0.25) is 5.89 Å². The fraction of sp³-hybridized carbons (Fsp3) is 0.522. The Labute approximate surface area is 200 Å². The molecule has 2 heterocycles. The van der Waals surface area contributed by atoms with E-state index in [9.17, 15) is 18.4 Å². The van der Waals surface area contributed by atoms with Crippen molar-refractivity contribution < 1.29 is 37.0 Å². The summed E-state index contributed by atoms with van der Waals surface area (Å²) in [5.74, 6) is 0.391. The van der Waals surface area contributed by atoms with Gasteiger partial charge in [-0.05, 0) is 43.9 Å². The first kappa shape index (κ1) is 24.9. The third-order valence-corrected chi connectivity index (χ3v) is 5.76. The topological polar surface area (TPSA) is 129 Å². The van der Waals surface area contributed by atoms with E-state index in [0.29, 0.717) is 44.2 Å². The number of oxazole rings is 1. The molecule has 35 heavy (non-hydrogen) atoms. The van der Waals surface area contributed by atoms with Gasteiger partial charge < -0.3 is 34.6 Å². The average Bonchev–Trinajstić information content (AvgIpc) is 3.56. The van der Waals surface area contributed by atoms with Crippen LogP contribution in [0.3, 0.4) is 0 Å². The Bertz CT molecular complexity index is 1040. The van der Waals surface area contributed by atoms with Crippen LogP contribution in [0, 0.1) is 5.92 Å². The molecule has 3 N–H and O–H groups in total. The minimum absolute atomic E-state index is 0.0697. The number of amides is 1. The summed E-state index contributed by atoms with van der Waals surface area (Å²) in [5.41, 5.74) is 6.56. The molecule has 10 nitrogen and oxygen atoms in total. The van der Waals surface area contributed by atoms with Crippen molar-refractivity contribution in [1.29, 1.82) is 0 Å². The third-order valence-electron chi connectivity index (χ3n) is 5.76. The van der Waals surface area contributed by atoms with Gasteiger partial charge in [0.25, 0.3) is 12.4 Å². The summed E-state index contributed by atoms with van der Waals surface area (Å²) in [5, 5.41) is 3.18. The molecular weight excluding hydrogens is 466 g/mol. The van der Waals surface area contributed by atoms with E-state index in [1.165, 1.54) is 18.2 Å². The number of piperazine rings is 1. The van der Waals surface area contributed by atoms with Crippen molar-refractivity contribution >= 4 is 12.4 Å². The molecule has 1 aliphatic carbocycles. The summed E-state index contributed by atoms with van der Waals surface area (Å²) < 4.78 is 46.7. The number of nitrogens with zero attached hydrogens (tertiary/aromatic N) is 2. The first-order valence-corrected chi connectivity index (χ1v) is 11.4. The van der Waals surface area contributed by atoms with Gasteiger partial charge in [-0.25, -0.2) is 4.98 Å². The number of nitrogens with two attached hydrogens (primary N) is 1. The van der Waals surface area contributed by atoms with Gasteiger partial charge in [0.15, 0.2) is 23.0 Å². The minimum atomic E-state index is -3.00. The molecule has 1 saturated carbocycles. The lowest BCUT2D eigenvalue weighted by atomic mass is 10.1. The summed E-state index contributed by atoms with van der Waals surface area (Å²) in [7, 11) is 0. The van der Waals surface area contributed by atoms with Gasteiger partial charge >= 0.3 is 6.61 Å². The molecule has 0 bridgehead atoms. The Morgan fingerprint density at radius 1 is 1.34 bits per heavy atom. The van der Waals surface area contributed by atoms with Crippen LogP contribution in [0.15, 0.2) is 22.6 Å². The summed E-state index contributed by atoms with van der Waals surface area (Å²) in [6, 6.07) is 3.53. The number of nitrogens with one attached hydrogen (secondary N) is 1. The van der Waals surface area contributed by atoms with Gasteiger partial charge in [-0.3, -0.25) is 9.59 Å². The second kappa shape index (κ2) is 11.0. The number of benzene rings is 1. The van der Waals surface area contributed by atoms with E-state index in [2.05, 4.69) is 15.0 Å². The number of aromatic nitrogens is 1. The Morgan fingerprint density at radius 2 is 2.14 bits per heavy atom. The second-order valence-corrected chi connectivity index (χ2v) is 8.65. The van der Waals surface area contributed by atoms with Gasteiger partial charge in [0, 0.05) is 25.2 Å². The van der Waals surface area contributed by atoms with Gasteiger partial charge in [0.1, 0.15) is 6.61 Å². The van der Waals surface area contributed by atoms with E-state index < -0.39 is 12.7 Å². The van der Waals surface area contributed by atoms with E-state index in [-0.39, 0.29) is 47.4 Å². The molecule has 2 fully saturated rings. The molecule has 2 aromatic rings. The molecule has 1 aromatic heterocycles. The molecular formula is C23H28F2N4O6. The molecule has 2 aliphatic rings. The molecule has 2 atom stereocenters. The number of carbonyl (C=O) groups excluding carboxylic acids is 2. The van der Waals surface area contributed by atoms with Crippen LogP contribution in [-0.2, 0) is 9.53 Å². The smallest absolute Gasteiger partial charge is 0.387 e. The van der Waals surface area contributed by atoms with E-state index in [0.717, 1.165) is 12.8 Å². The van der Waals surface area contributed by atoms with Crippen LogP contribution in [0.4, 0.5) is 8.78 Å². The lowest BCUT2D eigenvalue weighted by Crippen LogP contribution is -2.54. The van der Waals surface area contributed by atoms with E-state index >= 15 is 0 Å². The molecule has 1 unspecified atom stereocenters. The summed E-state index contributed by atoms with van der Waals surface area (Å²) in [4.78, 5) is 29.8. The lowest BCUT2D eigenvalue weighted by Gasteiger charge is -2.32. The van der Waals surface area contributed by atoms with Crippen molar-refractivity contribution in [3.8, 4) is 23.0 Å². The Kier molecular flexibility index (Phi) is 7.81. The maximum absolute atomic E-state index is 13.3. The van der Waals surface area contributed by atoms with Crippen molar-refractivity contribution in [1.82, 2.24) is 15.2 Å². The van der Waals surface area contributed by atoms with Gasteiger partial charge in [-0.15, -0.1) is 0 Å². The first-order valence-electron chi connectivity index (χ1n) is 11.4. The SMILES string of the molecule is C[C@H](N)c1oc(-c2ccc(OC(F)F)c(OCC3CC3)c2)nc1C(=O)N1CCNC(COC=O)C1. The van der Waals surface area contributed by atoms with Crippen molar-refractivity contribution in [2.45, 2.75) is 38.5 Å². The molecule has 4 rings (SSSR count). The molecule has 1 amide bonds. The third kappa shape index (κ3) is 6.25. The number of carbonyl (C=O) groups is 2. The maximum Gasteiger partial charge on any atom is 0.387 e. The highest BCUT2D eigenvalue weighted by Crippen LogP contribution is 2.37. The number of hydrogen-bond acceptors (Lipinski definition) is 9. The number of rotatable bonds is 11. The fourth-order valence-corrected chi connectivity index (χ4v) is 3.78. The van der Waals surface area contributed by atoms with E-state index in [4.69, 9.17) is 19.6 Å². The van der Waals surface area contributed by atoms with Crippen LogP contribution in [-0.4, -0.2) is 67.8 Å². The average molecular weight is 494 g/mol. The molecule has 0 spiro atoms. The van der Waals surface area contributed by atoms with Gasteiger partial charge in [-0.2, -0.15) is 8.78 Å². The zero-order valence-corrected chi connectivity index (χ0v) is 19.2. The van der Waals surface area contributed by atoms with Crippen LogP contribution in [0.5, 0.6) is 11.5 Å². The summed E-state index contributed by atoms with van der Waals surface area (Å²) in [6.07, 6.45) is 2.06. The molecule has 12 heteroatoms. The van der Waals surface area contributed by atoms with Crippen molar-refractivity contribution in [3.63, 3.8) is 0 Å². The fourth-order valence-electron chi connectivity index (χ4n) is 3.78. The normalized spacial score (nSPS) is 18.9. The highest BCUT2D eigenvalue weighted by Gasteiger charge is 2.31. The Morgan fingerprint density at radius 3 is 2.83 bits per heavy atom. The highest BCUT2D eigenvalue weighted by molar-refractivity contribution is 5.94. The number of halogens is 2. The molecule has 1 aromatic carbocycles. The van der Waals surface area contributed by atoms with Gasteiger partial charge in [-0.1, -0.05) is 0 Å². The van der Waals surface area contributed by atoms with Crippen LogP contribution in [0.1, 0.15) is 42.1 Å². The maximum atomic E-state index is 13.3. The highest BCUT2D eigenvalue weighted by atomic mass is 19.3.